The molecule has 2 N–H and O–H groups in total. The highest BCUT2D eigenvalue weighted by molar-refractivity contribution is 5.29. The zero-order chi connectivity index (χ0) is 13.1. The van der Waals surface area contributed by atoms with Crippen molar-refractivity contribution < 1.29 is 0 Å². The van der Waals surface area contributed by atoms with Crippen LogP contribution in [0.2, 0.25) is 0 Å². The van der Waals surface area contributed by atoms with E-state index in [2.05, 4.69) is 21.1 Å². The fraction of sp³-hybridized carbons (Fsp3) is 0.571. The first-order valence-corrected chi connectivity index (χ1v) is 7.06. The van der Waals surface area contributed by atoms with Gasteiger partial charge in [-0.3, -0.25) is 9.30 Å². The summed E-state index contributed by atoms with van der Waals surface area (Å²) < 4.78 is 1.98. The Morgan fingerprint density at radius 1 is 1.32 bits per heavy atom. The molecular weight excluding hydrogens is 238 g/mol. The number of fused-ring (bicyclic) bond motifs is 1. The van der Waals surface area contributed by atoms with Crippen LogP contribution in [0.25, 0.3) is 5.78 Å². The summed E-state index contributed by atoms with van der Waals surface area (Å²) in [7, 11) is 0. The van der Waals surface area contributed by atoms with Gasteiger partial charge in [0.05, 0.1) is 5.69 Å². The van der Waals surface area contributed by atoms with E-state index in [-0.39, 0.29) is 0 Å². The van der Waals surface area contributed by atoms with E-state index in [0.717, 1.165) is 43.6 Å². The zero-order valence-electron chi connectivity index (χ0n) is 11.2. The van der Waals surface area contributed by atoms with Crippen molar-refractivity contribution in [2.24, 2.45) is 11.7 Å². The topological polar surface area (TPSA) is 59.5 Å². The molecule has 0 atom stereocenters. The first-order chi connectivity index (χ1) is 9.35. The van der Waals surface area contributed by atoms with Crippen molar-refractivity contribution >= 4 is 5.78 Å². The Bertz CT molecular complexity index is 494. The summed E-state index contributed by atoms with van der Waals surface area (Å²) in [5, 5.41) is 0. The van der Waals surface area contributed by atoms with Crippen LogP contribution in [0, 0.1) is 5.92 Å². The minimum atomic E-state index is 0.788. The van der Waals surface area contributed by atoms with Crippen molar-refractivity contribution in [1.82, 2.24) is 19.3 Å². The normalized spacial score (nSPS) is 18.2. The van der Waals surface area contributed by atoms with Gasteiger partial charge >= 0.3 is 0 Å². The Hall–Kier alpha value is -1.46. The molecule has 5 heteroatoms. The molecule has 0 bridgehead atoms. The smallest absolute Gasteiger partial charge is 0.233 e. The molecule has 0 spiro atoms. The second-order valence-corrected chi connectivity index (χ2v) is 5.36. The van der Waals surface area contributed by atoms with Crippen LogP contribution in [0.3, 0.4) is 0 Å². The molecule has 0 aliphatic carbocycles. The Kier molecular flexibility index (Phi) is 3.75. The van der Waals surface area contributed by atoms with Crippen molar-refractivity contribution in [2.45, 2.75) is 25.8 Å². The van der Waals surface area contributed by atoms with Crippen LogP contribution in [0.15, 0.2) is 24.7 Å². The van der Waals surface area contributed by atoms with Crippen LogP contribution in [0.5, 0.6) is 0 Å². The number of nitrogens with zero attached hydrogens (tertiary/aromatic N) is 4. The molecule has 0 saturated carbocycles. The van der Waals surface area contributed by atoms with Gasteiger partial charge in [0.15, 0.2) is 0 Å². The van der Waals surface area contributed by atoms with Crippen molar-refractivity contribution in [3.63, 3.8) is 0 Å². The average Bonchev–Trinajstić information content (AvgIpc) is 2.83. The number of piperidine rings is 1. The molecule has 1 saturated heterocycles. The van der Waals surface area contributed by atoms with Crippen molar-refractivity contribution in [3.8, 4) is 0 Å². The number of nitrogens with two attached hydrogens (primary N) is 1. The zero-order valence-corrected chi connectivity index (χ0v) is 11.2. The molecule has 2 aromatic heterocycles. The predicted molar refractivity (Wildman–Crippen MR) is 74.7 cm³/mol. The van der Waals surface area contributed by atoms with Crippen LogP contribution in [0.1, 0.15) is 25.0 Å². The summed E-state index contributed by atoms with van der Waals surface area (Å²) in [6.45, 7) is 4.07. The van der Waals surface area contributed by atoms with Gasteiger partial charge in [0, 0.05) is 25.1 Å². The Labute approximate surface area is 113 Å². The van der Waals surface area contributed by atoms with Gasteiger partial charge in [-0.2, -0.15) is 0 Å². The molecule has 102 valence electrons. The molecule has 0 aromatic carbocycles. The number of rotatable bonds is 4. The van der Waals surface area contributed by atoms with Gasteiger partial charge in [-0.05, 0) is 50.9 Å². The standard InChI is InChI=1S/C14H21N5/c15-5-2-12-3-8-18(9-4-12)10-13-11-19-7-1-6-16-14(19)17-13/h1,6-7,11-12H,2-5,8-10,15H2. The van der Waals surface area contributed by atoms with Crippen molar-refractivity contribution in [2.75, 3.05) is 19.6 Å². The number of imidazole rings is 1. The van der Waals surface area contributed by atoms with Crippen LogP contribution < -0.4 is 5.73 Å². The lowest BCUT2D eigenvalue weighted by atomic mass is 9.93. The molecule has 5 nitrogen and oxygen atoms in total. The van der Waals surface area contributed by atoms with E-state index in [9.17, 15) is 0 Å². The Morgan fingerprint density at radius 3 is 2.89 bits per heavy atom. The number of hydrogen-bond donors (Lipinski definition) is 1. The predicted octanol–water partition coefficient (Wildman–Crippen LogP) is 1.29. The van der Waals surface area contributed by atoms with Crippen molar-refractivity contribution in [3.05, 3.63) is 30.4 Å². The third-order valence-corrected chi connectivity index (χ3v) is 3.95. The highest BCUT2D eigenvalue weighted by Gasteiger charge is 2.19. The lowest BCUT2D eigenvalue weighted by Crippen LogP contribution is -2.33. The van der Waals surface area contributed by atoms with Crippen LogP contribution in [-0.2, 0) is 6.54 Å². The highest BCUT2D eigenvalue weighted by atomic mass is 15.2. The maximum absolute atomic E-state index is 5.63. The van der Waals surface area contributed by atoms with Gasteiger partial charge in [-0.25, -0.2) is 9.97 Å². The second-order valence-electron chi connectivity index (χ2n) is 5.36. The molecule has 1 fully saturated rings. The number of aromatic nitrogens is 3. The monoisotopic (exact) mass is 259 g/mol. The van der Waals surface area contributed by atoms with Crippen LogP contribution in [-0.4, -0.2) is 38.9 Å². The minimum absolute atomic E-state index is 0.788. The maximum Gasteiger partial charge on any atom is 0.233 e. The van der Waals surface area contributed by atoms with E-state index in [4.69, 9.17) is 5.73 Å². The molecule has 0 amide bonds. The molecule has 19 heavy (non-hydrogen) atoms. The van der Waals surface area contributed by atoms with Gasteiger partial charge in [0.25, 0.3) is 0 Å². The molecular formula is C14H21N5. The molecule has 1 aliphatic rings. The molecule has 2 aromatic rings. The van der Waals surface area contributed by atoms with E-state index < -0.39 is 0 Å². The summed E-state index contributed by atoms with van der Waals surface area (Å²) in [6.07, 6.45) is 9.56. The first kappa shape index (κ1) is 12.6. The minimum Gasteiger partial charge on any atom is -0.330 e. The van der Waals surface area contributed by atoms with Gasteiger partial charge in [-0.1, -0.05) is 0 Å². The third kappa shape index (κ3) is 2.93. The van der Waals surface area contributed by atoms with Gasteiger partial charge in [0.2, 0.25) is 5.78 Å². The third-order valence-electron chi connectivity index (χ3n) is 3.95. The molecule has 3 rings (SSSR count). The summed E-state index contributed by atoms with van der Waals surface area (Å²) in [6, 6.07) is 1.93. The van der Waals surface area contributed by atoms with E-state index in [1.807, 2.05) is 16.7 Å². The van der Waals surface area contributed by atoms with Gasteiger partial charge in [0.1, 0.15) is 0 Å². The van der Waals surface area contributed by atoms with Crippen molar-refractivity contribution in [1.29, 1.82) is 0 Å². The SMILES string of the molecule is NCCC1CCN(Cc2cn3cccnc3n2)CC1. The quantitative estimate of drug-likeness (QED) is 0.899. The highest BCUT2D eigenvalue weighted by Crippen LogP contribution is 2.21. The number of likely N-dealkylation sites (tertiary alicyclic amines) is 1. The Balaban J connectivity index is 1.60. The lowest BCUT2D eigenvalue weighted by molar-refractivity contribution is 0.172. The summed E-state index contributed by atoms with van der Waals surface area (Å²) >= 11 is 0. The largest absolute Gasteiger partial charge is 0.330 e. The van der Waals surface area contributed by atoms with E-state index >= 15 is 0 Å². The van der Waals surface area contributed by atoms with Crippen LogP contribution >= 0.6 is 0 Å². The average molecular weight is 259 g/mol. The van der Waals surface area contributed by atoms with E-state index in [1.54, 1.807) is 6.20 Å². The fourth-order valence-corrected chi connectivity index (χ4v) is 2.85. The van der Waals surface area contributed by atoms with Gasteiger partial charge < -0.3 is 5.73 Å². The van der Waals surface area contributed by atoms with Gasteiger partial charge in [-0.15, -0.1) is 0 Å². The molecule has 3 heterocycles. The first-order valence-electron chi connectivity index (χ1n) is 7.06. The molecule has 0 unspecified atom stereocenters. The lowest BCUT2D eigenvalue weighted by Gasteiger charge is -2.31. The maximum atomic E-state index is 5.63. The fourth-order valence-electron chi connectivity index (χ4n) is 2.85. The molecule has 1 aliphatic heterocycles. The van der Waals surface area contributed by atoms with E-state index in [1.165, 1.54) is 19.3 Å². The Morgan fingerprint density at radius 2 is 2.16 bits per heavy atom. The van der Waals surface area contributed by atoms with Crippen LogP contribution in [0.4, 0.5) is 0 Å². The summed E-state index contributed by atoms with van der Waals surface area (Å²) in [5.74, 6) is 1.61. The summed E-state index contributed by atoms with van der Waals surface area (Å²) in [5.41, 5.74) is 6.73. The second kappa shape index (κ2) is 5.67. The number of hydrogen-bond acceptors (Lipinski definition) is 4. The summed E-state index contributed by atoms with van der Waals surface area (Å²) in [4.78, 5) is 11.3. The molecule has 0 radical (unpaired) electrons. The van der Waals surface area contributed by atoms with E-state index in [0.29, 0.717) is 0 Å².